The smallest absolute Gasteiger partial charge is 0.182 e. The Balaban J connectivity index is 1.97. The van der Waals surface area contributed by atoms with Crippen molar-refractivity contribution in [2.24, 2.45) is 5.92 Å². The minimum atomic E-state index is -0.0613. The number of nitriles is 1. The van der Waals surface area contributed by atoms with Gasteiger partial charge in [0.1, 0.15) is 11.8 Å². The van der Waals surface area contributed by atoms with Crippen molar-refractivity contribution >= 4 is 11.8 Å². The van der Waals surface area contributed by atoms with Gasteiger partial charge in [-0.25, -0.2) is 0 Å². The summed E-state index contributed by atoms with van der Waals surface area (Å²) in [5.41, 5.74) is 2.67. The highest BCUT2D eigenvalue weighted by atomic mass is 16.5. The third kappa shape index (κ3) is 3.97. The minimum Gasteiger partial charge on any atom is -0.493 e. The summed E-state index contributed by atoms with van der Waals surface area (Å²) in [6.45, 7) is 4.32. The Morgan fingerprint density at radius 2 is 1.92 bits per heavy atom. The molecule has 1 aromatic carbocycles. The number of aromatic nitrogens is 1. The molecule has 134 valence electrons. The van der Waals surface area contributed by atoms with Crippen molar-refractivity contribution in [1.82, 2.24) is 4.57 Å². The first-order valence-corrected chi connectivity index (χ1v) is 8.65. The Morgan fingerprint density at radius 3 is 2.50 bits per heavy atom. The van der Waals surface area contributed by atoms with Crippen LogP contribution >= 0.6 is 0 Å². The first-order valence-electron chi connectivity index (χ1n) is 8.65. The largest absolute Gasteiger partial charge is 0.493 e. The van der Waals surface area contributed by atoms with Gasteiger partial charge in [-0.15, -0.1) is 0 Å². The minimum absolute atomic E-state index is 0.0613. The van der Waals surface area contributed by atoms with Crippen LogP contribution in [0.3, 0.4) is 0 Å². The molecule has 1 aromatic heterocycles. The zero-order chi connectivity index (χ0) is 18.7. The molecule has 0 spiro atoms. The van der Waals surface area contributed by atoms with Gasteiger partial charge in [-0.05, 0) is 56.4 Å². The van der Waals surface area contributed by atoms with E-state index in [9.17, 15) is 10.1 Å². The molecule has 0 radical (unpaired) electrons. The van der Waals surface area contributed by atoms with Crippen LogP contribution in [0.2, 0.25) is 0 Å². The maximum atomic E-state index is 11.6. The van der Waals surface area contributed by atoms with E-state index in [4.69, 9.17) is 9.47 Å². The lowest BCUT2D eigenvalue weighted by Crippen LogP contribution is -2.11. The SMILES string of the molecule is COc1ccc(/C=C(\C#N)n2c(C)cc(=O)cc2C)cc1OCC1CC1. The summed E-state index contributed by atoms with van der Waals surface area (Å²) >= 11 is 0. The Labute approximate surface area is 153 Å². The fourth-order valence-corrected chi connectivity index (χ4v) is 2.93. The van der Waals surface area contributed by atoms with E-state index in [0.29, 0.717) is 29.7 Å². The molecule has 1 aliphatic rings. The summed E-state index contributed by atoms with van der Waals surface area (Å²) < 4.78 is 13.0. The molecule has 1 aliphatic carbocycles. The van der Waals surface area contributed by atoms with Crippen LogP contribution in [0.1, 0.15) is 29.8 Å². The molecule has 1 fully saturated rings. The molecular weight excluding hydrogens is 328 g/mol. The van der Waals surface area contributed by atoms with Crippen molar-refractivity contribution < 1.29 is 9.47 Å². The van der Waals surface area contributed by atoms with Gasteiger partial charge in [0.2, 0.25) is 0 Å². The van der Waals surface area contributed by atoms with Gasteiger partial charge in [0.05, 0.1) is 13.7 Å². The number of pyridine rings is 1. The predicted molar refractivity (Wildman–Crippen MR) is 101 cm³/mol. The van der Waals surface area contributed by atoms with Gasteiger partial charge in [-0.1, -0.05) is 6.07 Å². The van der Waals surface area contributed by atoms with Gasteiger partial charge in [0.15, 0.2) is 16.9 Å². The number of benzene rings is 1. The first-order chi connectivity index (χ1) is 12.5. The summed E-state index contributed by atoms with van der Waals surface area (Å²) in [4.78, 5) is 11.6. The van der Waals surface area contributed by atoms with Gasteiger partial charge < -0.3 is 14.0 Å². The monoisotopic (exact) mass is 350 g/mol. The number of nitrogens with zero attached hydrogens (tertiary/aromatic N) is 2. The molecule has 0 saturated heterocycles. The molecule has 0 unspecified atom stereocenters. The molecular formula is C21H22N2O3. The number of ether oxygens (including phenoxy) is 2. The second-order valence-corrected chi connectivity index (χ2v) is 6.62. The summed E-state index contributed by atoms with van der Waals surface area (Å²) in [7, 11) is 1.61. The molecule has 5 heteroatoms. The lowest BCUT2D eigenvalue weighted by molar-refractivity contribution is 0.280. The summed E-state index contributed by atoms with van der Waals surface area (Å²) in [6.07, 6.45) is 4.21. The van der Waals surface area contributed by atoms with Crippen molar-refractivity contribution in [3.8, 4) is 17.6 Å². The zero-order valence-electron chi connectivity index (χ0n) is 15.3. The van der Waals surface area contributed by atoms with E-state index in [1.807, 2.05) is 32.0 Å². The molecule has 3 rings (SSSR count). The molecule has 1 saturated carbocycles. The fraction of sp³-hybridized carbons (Fsp3) is 0.333. The van der Waals surface area contributed by atoms with Crippen LogP contribution in [-0.4, -0.2) is 18.3 Å². The average Bonchev–Trinajstić information content (AvgIpc) is 3.42. The zero-order valence-corrected chi connectivity index (χ0v) is 15.3. The normalized spacial score (nSPS) is 14.0. The Morgan fingerprint density at radius 1 is 1.23 bits per heavy atom. The van der Waals surface area contributed by atoms with Crippen molar-refractivity contribution in [1.29, 1.82) is 5.26 Å². The van der Waals surface area contributed by atoms with Gasteiger partial charge in [-0.2, -0.15) is 5.26 Å². The quantitative estimate of drug-likeness (QED) is 0.744. The summed E-state index contributed by atoms with van der Waals surface area (Å²) in [5.74, 6) is 2.00. The number of hydrogen-bond donors (Lipinski definition) is 0. The van der Waals surface area contributed by atoms with Crippen molar-refractivity contribution in [3.05, 3.63) is 57.5 Å². The van der Waals surface area contributed by atoms with E-state index in [1.165, 1.54) is 25.0 Å². The number of rotatable bonds is 6. The second kappa shape index (κ2) is 7.49. The standard InChI is InChI=1S/C21H22N2O3/c1-14-8-19(24)9-15(2)23(14)18(12-22)10-17-6-7-20(25-3)21(11-17)26-13-16-4-5-16/h6-11,16H,4-5,13H2,1-3H3/b18-10+. The van der Waals surface area contributed by atoms with Crippen molar-refractivity contribution in [2.75, 3.05) is 13.7 Å². The van der Waals surface area contributed by atoms with Crippen LogP contribution < -0.4 is 14.9 Å². The molecule has 2 aromatic rings. The van der Waals surface area contributed by atoms with Gasteiger partial charge in [0.25, 0.3) is 0 Å². The lowest BCUT2D eigenvalue weighted by Gasteiger charge is -2.14. The summed E-state index contributed by atoms with van der Waals surface area (Å²) in [6, 6.07) is 10.9. The summed E-state index contributed by atoms with van der Waals surface area (Å²) in [5, 5.41) is 9.64. The Bertz CT molecular complexity index is 920. The first kappa shape index (κ1) is 17.8. The van der Waals surface area contributed by atoms with Crippen LogP contribution in [0, 0.1) is 31.1 Å². The molecule has 0 amide bonds. The molecule has 0 atom stereocenters. The van der Waals surface area contributed by atoms with E-state index < -0.39 is 0 Å². The van der Waals surface area contributed by atoms with Crippen molar-refractivity contribution in [2.45, 2.75) is 26.7 Å². The maximum Gasteiger partial charge on any atom is 0.182 e. The van der Waals surface area contributed by atoms with E-state index >= 15 is 0 Å². The van der Waals surface area contributed by atoms with Gasteiger partial charge in [-0.3, -0.25) is 4.79 Å². The molecule has 5 nitrogen and oxygen atoms in total. The van der Waals surface area contributed by atoms with Gasteiger partial charge in [0, 0.05) is 23.5 Å². The Kier molecular flexibility index (Phi) is 5.13. The van der Waals surface area contributed by atoms with Crippen LogP contribution in [0.15, 0.2) is 35.1 Å². The van der Waals surface area contributed by atoms with Gasteiger partial charge >= 0.3 is 0 Å². The molecule has 0 bridgehead atoms. The van der Waals surface area contributed by atoms with Crippen LogP contribution in [0.25, 0.3) is 11.8 Å². The Hall–Kier alpha value is -3.00. The number of aryl methyl sites for hydroxylation is 2. The van der Waals surface area contributed by atoms with E-state index in [0.717, 1.165) is 17.0 Å². The van der Waals surface area contributed by atoms with Crippen LogP contribution in [0.5, 0.6) is 11.5 Å². The fourth-order valence-electron chi connectivity index (χ4n) is 2.93. The number of methoxy groups -OCH3 is 1. The highest BCUT2D eigenvalue weighted by Crippen LogP contribution is 2.33. The third-order valence-corrected chi connectivity index (χ3v) is 4.43. The highest BCUT2D eigenvalue weighted by molar-refractivity contribution is 5.80. The average molecular weight is 350 g/mol. The number of hydrogen-bond acceptors (Lipinski definition) is 4. The predicted octanol–water partition coefficient (Wildman–Crippen LogP) is 3.78. The molecule has 0 aliphatic heterocycles. The lowest BCUT2D eigenvalue weighted by atomic mass is 10.1. The van der Waals surface area contributed by atoms with Crippen LogP contribution in [0.4, 0.5) is 0 Å². The molecule has 0 N–H and O–H groups in total. The number of allylic oxidation sites excluding steroid dienone is 1. The van der Waals surface area contributed by atoms with E-state index in [1.54, 1.807) is 17.8 Å². The third-order valence-electron chi connectivity index (χ3n) is 4.43. The molecule has 1 heterocycles. The van der Waals surface area contributed by atoms with E-state index in [-0.39, 0.29) is 5.43 Å². The maximum absolute atomic E-state index is 11.6. The van der Waals surface area contributed by atoms with E-state index in [2.05, 4.69) is 6.07 Å². The second-order valence-electron chi connectivity index (χ2n) is 6.62. The topological polar surface area (TPSA) is 64.2 Å². The van der Waals surface area contributed by atoms with Crippen LogP contribution in [-0.2, 0) is 0 Å². The van der Waals surface area contributed by atoms with Crippen molar-refractivity contribution in [3.63, 3.8) is 0 Å². The highest BCUT2D eigenvalue weighted by Gasteiger charge is 2.22. The molecule has 26 heavy (non-hydrogen) atoms.